The summed E-state index contributed by atoms with van der Waals surface area (Å²) in [4.78, 5) is 10.5. The Balaban J connectivity index is 3.31. The number of ether oxygens (including phenoxy) is 2. The Bertz CT molecular complexity index is 311. The van der Waals surface area contributed by atoms with E-state index < -0.39 is 6.67 Å². The number of carbonyl (C=O) groups is 1. The number of halogens is 1. The fraction of sp³-hybridized carbons (Fsp3) is 0.300. The number of hydrogen-bond donors (Lipinski definition) is 0. The Hall–Kier alpha value is -1.58. The fourth-order valence-electron chi connectivity index (χ4n) is 1.23. The molecule has 0 N–H and O–H groups in total. The van der Waals surface area contributed by atoms with E-state index in [1.807, 2.05) is 0 Å². The minimum Gasteiger partial charge on any atom is -0.493 e. The molecule has 3 nitrogen and oxygen atoms in total. The molecule has 0 heterocycles. The van der Waals surface area contributed by atoms with Gasteiger partial charge in [-0.3, -0.25) is 4.79 Å². The third-order valence-corrected chi connectivity index (χ3v) is 1.86. The van der Waals surface area contributed by atoms with Crippen molar-refractivity contribution < 1.29 is 18.7 Å². The summed E-state index contributed by atoms with van der Waals surface area (Å²) in [5.41, 5.74) is 0.684. The lowest BCUT2D eigenvalue weighted by molar-refractivity contribution is 0.112. The maximum absolute atomic E-state index is 12.6. The predicted octanol–water partition coefficient (Wildman–Crippen LogP) is 1.99. The zero-order valence-corrected chi connectivity index (χ0v) is 8.04. The molecule has 1 aromatic rings. The minimum absolute atomic E-state index is 0.314. The van der Waals surface area contributed by atoms with Crippen molar-refractivity contribution in [2.75, 3.05) is 14.2 Å². The van der Waals surface area contributed by atoms with Crippen molar-refractivity contribution >= 4 is 6.29 Å². The van der Waals surface area contributed by atoms with Gasteiger partial charge in [-0.05, 0) is 12.1 Å². The lowest BCUT2D eigenvalue weighted by Crippen LogP contribution is -1.97. The van der Waals surface area contributed by atoms with Crippen LogP contribution in [0, 0.1) is 0 Å². The molecule has 0 aliphatic heterocycles. The van der Waals surface area contributed by atoms with E-state index in [9.17, 15) is 9.18 Å². The number of carbonyl (C=O) groups excluding carboxylic acids is 1. The molecule has 4 heteroatoms. The van der Waals surface area contributed by atoms with Crippen LogP contribution in [0.15, 0.2) is 12.1 Å². The summed E-state index contributed by atoms with van der Waals surface area (Å²) >= 11 is 0. The number of rotatable bonds is 4. The van der Waals surface area contributed by atoms with Gasteiger partial charge in [0.05, 0.1) is 14.2 Å². The van der Waals surface area contributed by atoms with Gasteiger partial charge in [0.15, 0.2) is 11.5 Å². The van der Waals surface area contributed by atoms with E-state index in [1.54, 1.807) is 0 Å². The number of alkyl halides is 1. The molecule has 0 amide bonds. The SMILES string of the molecule is COc1cc(C=O)cc(CF)c1OC. The molecule has 0 fully saturated rings. The quantitative estimate of drug-likeness (QED) is 0.694. The number of methoxy groups -OCH3 is 2. The first-order chi connectivity index (χ1) is 6.76. The average molecular weight is 198 g/mol. The Morgan fingerprint density at radius 3 is 2.50 bits per heavy atom. The monoisotopic (exact) mass is 198 g/mol. The van der Waals surface area contributed by atoms with E-state index >= 15 is 0 Å². The summed E-state index contributed by atoms with van der Waals surface area (Å²) in [6.45, 7) is -0.693. The Morgan fingerprint density at radius 2 is 2.07 bits per heavy atom. The Morgan fingerprint density at radius 1 is 1.36 bits per heavy atom. The molecule has 0 aliphatic rings. The summed E-state index contributed by atoms with van der Waals surface area (Å²) < 4.78 is 22.5. The van der Waals surface area contributed by atoms with Crippen molar-refractivity contribution in [1.29, 1.82) is 0 Å². The minimum atomic E-state index is -0.693. The molecule has 0 bridgehead atoms. The van der Waals surface area contributed by atoms with Crippen LogP contribution < -0.4 is 9.47 Å². The van der Waals surface area contributed by atoms with Crippen molar-refractivity contribution in [2.45, 2.75) is 6.67 Å². The second-order valence-electron chi connectivity index (χ2n) is 2.67. The third kappa shape index (κ3) is 1.84. The topological polar surface area (TPSA) is 35.5 Å². The van der Waals surface area contributed by atoms with Crippen LogP contribution >= 0.6 is 0 Å². The lowest BCUT2D eigenvalue weighted by atomic mass is 10.1. The predicted molar refractivity (Wildman–Crippen MR) is 49.7 cm³/mol. The van der Waals surface area contributed by atoms with Gasteiger partial charge in [-0.2, -0.15) is 0 Å². The smallest absolute Gasteiger partial charge is 0.166 e. The van der Waals surface area contributed by atoms with Crippen LogP contribution in [0.4, 0.5) is 4.39 Å². The van der Waals surface area contributed by atoms with Crippen LogP contribution in [0.5, 0.6) is 11.5 Å². The Kier molecular flexibility index (Phi) is 3.45. The van der Waals surface area contributed by atoms with Crippen LogP contribution in [-0.4, -0.2) is 20.5 Å². The molecule has 0 aromatic heterocycles. The van der Waals surface area contributed by atoms with Gasteiger partial charge in [0.1, 0.15) is 13.0 Å². The van der Waals surface area contributed by atoms with Gasteiger partial charge in [-0.25, -0.2) is 4.39 Å². The summed E-state index contributed by atoms with van der Waals surface area (Å²) in [5, 5.41) is 0. The van der Waals surface area contributed by atoms with Crippen LogP contribution in [-0.2, 0) is 6.67 Å². The molecule has 0 radical (unpaired) electrons. The fourth-order valence-corrected chi connectivity index (χ4v) is 1.23. The van der Waals surface area contributed by atoms with Crippen LogP contribution in [0.1, 0.15) is 15.9 Å². The van der Waals surface area contributed by atoms with Gasteiger partial charge < -0.3 is 9.47 Å². The maximum Gasteiger partial charge on any atom is 0.166 e. The Labute approximate surface area is 81.4 Å². The first-order valence-corrected chi connectivity index (χ1v) is 4.02. The van der Waals surface area contributed by atoms with Crippen LogP contribution in [0.25, 0.3) is 0 Å². The maximum atomic E-state index is 12.6. The largest absolute Gasteiger partial charge is 0.493 e. The van der Waals surface area contributed by atoms with Gasteiger partial charge in [0.25, 0.3) is 0 Å². The molecule has 0 saturated heterocycles. The molecular weight excluding hydrogens is 187 g/mol. The third-order valence-electron chi connectivity index (χ3n) is 1.86. The van der Waals surface area contributed by atoms with Gasteiger partial charge in [-0.15, -0.1) is 0 Å². The highest BCUT2D eigenvalue weighted by Gasteiger charge is 2.11. The normalized spacial score (nSPS) is 9.64. The van der Waals surface area contributed by atoms with E-state index in [1.165, 1.54) is 26.4 Å². The molecule has 0 spiro atoms. The summed E-state index contributed by atoms with van der Waals surface area (Å²) in [6.07, 6.45) is 0.640. The second-order valence-corrected chi connectivity index (χ2v) is 2.67. The van der Waals surface area contributed by atoms with Gasteiger partial charge in [0.2, 0.25) is 0 Å². The first kappa shape index (κ1) is 10.5. The number of benzene rings is 1. The lowest BCUT2D eigenvalue weighted by Gasteiger charge is -2.11. The molecule has 14 heavy (non-hydrogen) atoms. The highest BCUT2D eigenvalue weighted by atomic mass is 19.1. The molecule has 0 atom stereocenters. The zero-order valence-electron chi connectivity index (χ0n) is 8.04. The van der Waals surface area contributed by atoms with E-state index in [0.29, 0.717) is 28.9 Å². The molecule has 0 aliphatic carbocycles. The van der Waals surface area contributed by atoms with Crippen molar-refractivity contribution in [3.8, 4) is 11.5 Å². The van der Waals surface area contributed by atoms with E-state index in [-0.39, 0.29) is 0 Å². The number of hydrogen-bond acceptors (Lipinski definition) is 3. The molecule has 1 aromatic carbocycles. The summed E-state index contributed by atoms with van der Waals surface area (Å²) in [7, 11) is 2.87. The second kappa shape index (κ2) is 4.60. The van der Waals surface area contributed by atoms with Crippen molar-refractivity contribution in [3.63, 3.8) is 0 Å². The molecule has 1 rings (SSSR count). The highest BCUT2D eigenvalue weighted by Crippen LogP contribution is 2.32. The highest BCUT2D eigenvalue weighted by molar-refractivity contribution is 5.77. The molecule has 76 valence electrons. The number of aldehydes is 1. The molecule has 0 unspecified atom stereocenters. The van der Waals surface area contributed by atoms with E-state index in [0.717, 1.165) is 0 Å². The standard InChI is InChI=1S/C10H11FO3/c1-13-9-4-7(6-12)3-8(5-11)10(9)14-2/h3-4,6H,5H2,1-2H3. The van der Waals surface area contributed by atoms with E-state index in [4.69, 9.17) is 9.47 Å². The van der Waals surface area contributed by atoms with Gasteiger partial charge in [-0.1, -0.05) is 0 Å². The van der Waals surface area contributed by atoms with Crippen LogP contribution in [0.3, 0.4) is 0 Å². The van der Waals surface area contributed by atoms with Gasteiger partial charge in [0, 0.05) is 11.1 Å². The van der Waals surface area contributed by atoms with Crippen LogP contribution in [0.2, 0.25) is 0 Å². The summed E-state index contributed by atoms with van der Waals surface area (Å²) in [6, 6.07) is 2.94. The molecule has 0 saturated carbocycles. The van der Waals surface area contributed by atoms with Crippen molar-refractivity contribution in [3.05, 3.63) is 23.3 Å². The van der Waals surface area contributed by atoms with Gasteiger partial charge >= 0.3 is 0 Å². The molecular formula is C10H11FO3. The van der Waals surface area contributed by atoms with E-state index in [2.05, 4.69) is 0 Å². The zero-order chi connectivity index (χ0) is 10.6. The van der Waals surface area contributed by atoms with Crippen molar-refractivity contribution in [1.82, 2.24) is 0 Å². The average Bonchev–Trinajstić information content (AvgIpc) is 2.26. The first-order valence-electron chi connectivity index (χ1n) is 4.02. The van der Waals surface area contributed by atoms with Crippen molar-refractivity contribution in [2.24, 2.45) is 0 Å². The summed E-state index contributed by atoms with van der Waals surface area (Å²) in [5.74, 6) is 0.699.